The molecular formula is C12H15OP. The third-order valence-corrected chi connectivity index (χ3v) is 3.40. The minimum absolute atomic E-state index is 0.956. The van der Waals surface area contributed by atoms with E-state index >= 15 is 0 Å². The molecule has 1 unspecified atom stereocenters. The van der Waals surface area contributed by atoms with Gasteiger partial charge in [0.2, 0.25) is 0 Å². The van der Waals surface area contributed by atoms with Gasteiger partial charge in [-0.05, 0) is 36.3 Å². The van der Waals surface area contributed by atoms with Crippen molar-refractivity contribution in [3.63, 3.8) is 0 Å². The molecule has 0 saturated carbocycles. The van der Waals surface area contributed by atoms with Gasteiger partial charge in [-0.15, -0.1) is 9.24 Å². The van der Waals surface area contributed by atoms with Gasteiger partial charge >= 0.3 is 0 Å². The fourth-order valence-corrected chi connectivity index (χ4v) is 2.09. The van der Waals surface area contributed by atoms with Crippen LogP contribution >= 0.6 is 9.24 Å². The zero-order valence-electron chi connectivity index (χ0n) is 8.85. The van der Waals surface area contributed by atoms with E-state index in [-0.39, 0.29) is 0 Å². The minimum Gasteiger partial charge on any atom is -0.461 e. The van der Waals surface area contributed by atoms with Crippen LogP contribution < -0.4 is 5.30 Å². The van der Waals surface area contributed by atoms with Crippen molar-refractivity contribution in [2.24, 2.45) is 0 Å². The van der Waals surface area contributed by atoms with Gasteiger partial charge in [0.05, 0.1) is 0 Å². The van der Waals surface area contributed by atoms with E-state index in [0.29, 0.717) is 0 Å². The summed E-state index contributed by atoms with van der Waals surface area (Å²) in [6, 6.07) is 4.32. The molecule has 2 aromatic rings. The molecule has 2 heteroatoms. The molecule has 1 heterocycles. The zero-order valence-corrected chi connectivity index (χ0v) is 10.0. The van der Waals surface area contributed by atoms with E-state index in [1.807, 2.05) is 0 Å². The number of benzene rings is 1. The van der Waals surface area contributed by atoms with Gasteiger partial charge in [0.15, 0.2) is 0 Å². The Balaban J connectivity index is 2.84. The van der Waals surface area contributed by atoms with Gasteiger partial charge in [0, 0.05) is 11.8 Å². The van der Waals surface area contributed by atoms with Gasteiger partial charge in [-0.25, -0.2) is 0 Å². The van der Waals surface area contributed by atoms with Crippen LogP contribution in [0.4, 0.5) is 0 Å². The lowest BCUT2D eigenvalue weighted by Crippen LogP contribution is -1.98. The summed E-state index contributed by atoms with van der Waals surface area (Å²) < 4.78 is 5.77. The average molecular weight is 206 g/mol. The molecule has 1 aromatic heterocycles. The largest absolute Gasteiger partial charge is 0.461 e. The predicted octanol–water partition coefficient (Wildman–Crippen LogP) is 3.11. The second-order valence-electron chi connectivity index (χ2n) is 3.73. The predicted molar refractivity (Wildman–Crippen MR) is 64.4 cm³/mol. The molecule has 0 fully saturated rings. The number of hydrogen-bond donors (Lipinski definition) is 0. The smallest absolute Gasteiger partial charge is 0.137 e. The zero-order chi connectivity index (χ0) is 10.3. The van der Waals surface area contributed by atoms with Gasteiger partial charge in [0.25, 0.3) is 0 Å². The number of rotatable bonds is 1. The molecule has 0 spiro atoms. The Morgan fingerprint density at radius 1 is 1.21 bits per heavy atom. The molecule has 0 aliphatic heterocycles. The van der Waals surface area contributed by atoms with Crippen LogP contribution in [0.25, 0.3) is 11.0 Å². The molecular weight excluding hydrogens is 191 g/mol. The van der Waals surface area contributed by atoms with Crippen LogP contribution in [0.15, 0.2) is 16.5 Å². The summed E-state index contributed by atoms with van der Waals surface area (Å²) in [5, 5.41) is 2.50. The molecule has 2 rings (SSSR count). The first-order valence-corrected chi connectivity index (χ1v) is 5.49. The van der Waals surface area contributed by atoms with Crippen molar-refractivity contribution in [1.29, 1.82) is 0 Å². The van der Waals surface area contributed by atoms with Crippen molar-refractivity contribution < 1.29 is 4.42 Å². The van der Waals surface area contributed by atoms with E-state index < -0.39 is 0 Å². The van der Waals surface area contributed by atoms with Crippen LogP contribution in [0, 0.1) is 13.8 Å². The topological polar surface area (TPSA) is 13.1 Å². The monoisotopic (exact) mass is 206 g/mol. The first-order chi connectivity index (χ1) is 6.63. The molecule has 1 atom stereocenters. The van der Waals surface area contributed by atoms with Gasteiger partial charge in [0.1, 0.15) is 11.3 Å². The summed E-state index contributed by atoms with van der Waals surface area (Å²) in [7, 11) is 2.80. The van der Waals surface area contributed by atoms with Crippen molar-refractivity contribution in [1.82, 2.24) is 0 Å². The van der Waals surface area contributed by atoms with Crippen LogP contribution in [0.3, 0.4) is 0 Å². The fourth-order valence-electron chi connectivity index (χ4n) is 1.79. The van der Waals surface area contributed by atoms with E-state index in [2.05, 4.69) is 42.1 Å². The van der Waals surface area contributed by atoms with Crippen LogP contribution in [0.2, 0.25) is 0 Å². The standard InChI is InChI=1S/C12H15OP/c1-4-9-6-10-11(13-9)7(2)5-8(3)12(10)14/h5-6H,4,14H2,1-3H3. The van der Waals surface area contributed by atoms with Crippen molar-refractivity contribution in [2.75, 3.05) is 0 Å². The number of aryl methyl sites for hydroxylation is 3. The summed E-state index contributed by atoms with van der Waals surface area (Å²) in [5.74, 6) is 1.07. The Morgan fingerprint density at radius 2 is 1.93 bits per heavy atom. The molecule has 1 nitrogen and oxygen atoms in total. The van der Waals surface area contributed by atoms with Gasteiger partial charge in [-0.2, -0.15) is 0 Å². The molecule has 14 heavy (non-hydrogen) atoms. The summed E-state index contributed by atoms with van der Waals surface area (Å²) in [6.45, 7) is 6.35. The van der Waals surface area contributed by atoms with Crippen LogP contribution in [0.1, 0.15) is 23.8 Å². The first-order valence-electron chi connectivity index (χ1n) is 4.91. The number of furan rings is 1. The SMILES string of the molecule is CCc1cc2c(P)c(C)cc(C)c2o1. The summed E-state index contributed by atoms with van der Waals surface area (Å²) >= 11 is 0. The molecule has 0 saturated heterocycles. The molecule has 0 aliphatic rings. The lowest BCUT2D eigenvalue weighted by molar-refractivity contribution is 0.555. The molecule has 0 N–H and O–H groups in total. The van der Waals surface area contributed by atoms with E-state index in [0.717, 1.165) is 17.8 Å². The van der Waals surface area contributed by atoms with Gasteiger partial charge in [-0.3, -0.25) is 0 Å². The quantitative estimate of drug-likeness (QED) is 0.653. The Morgan fingerprint density at radius 3 is 2.57 bits per heavy atom. The van der Waals surface area contributed by atoms with Crippen LogP contribution in [-0.2, 0) is 6.42 Å². The lowest BCUT2D eigenvalue weighted by atomic mass is 10.1. The Bertz CT molecular complexity index is 483. The third kappa shape index (κ3) is 1.36. The highest BCUT2D eigenvalue weighted by molar-refractivity contribution is 7.28. The third-order valence-electron chi connectivity index (χ3n) is 2.64. The van der Waals surface area contributed by atoms with Gasteiger partial charge in [-0.1, -0.05) is 13.0 Å². The molecule has 0 radical (unpaired) electrons. The highest BCUT2D eigenvalue weighted by Crippen LogP contribution is 2.24. The maximum absolute atomic E-state index is 5.77. The summed E-state index contributed by atoms with van der Waals surface area (Å²) in [4.78, 5) is 0. The van der Waals surface area contributed by atoms with E-state index in [4.69, 9.17) is 4.42 Å². The molecule has 74 valence electrons. The van der Waals surface area contributed by atoms with Crippen molar-refractivity contribution in [3.05, 3.63) is 29.0 Å². The van der Waals surface area contributed by atoms with E-state index in [1.165, 1.54) is 21.8 Å². The summed E-state index contributed by atoms with van der Waals surface area (Å²) in [6.07, 6.45) is 0.956. The molecule has 0 bridgehead atoms. The van der Waals surface area contributed by atoms with Crippen LogP contribution in [-0.4, -0.2) is 0 Å². The highest BCUT2D eigenvalue weighted by Gasteiger charge is 2.09. The minimum atomic E-state index is 0.956. The normalized spacial score (nSPS) is 11.1. The molecule has 0 amide bonds. The molecule has 0 aliphatic carbocycles. The summed E-state index contributed by atoms with van der Waals surface area (Å²) in [5.41, 5.74) is 3.57. The second kappa shape index (κ2) is 3.40. The Hall–Kier alpha value is -0.810. The van der Waals surface area contributed by atoms with Crippen molar-refractivity contribution in [2.45, 2.75) is 27.2 Å². The van der Waals surface area contributed by atoms with Crippen molar-refractivity contribution >= 4 is 25.5 Å². The maximum atomic E-state index is 5.77. The number of hydrogen-bond acceptors (Lipinski definition) is 1. The highest BCUT2D eigenvalue weighted by atomic mass is 31.0. The van der Waals surface area contributed by atoms with Gasteiger partial charge < -0.3 is 4.42 Å². The van der Waals surface area contributed by atoms with E-state index in [1.54, 1.807) is 0 Å². The Kier molecular flexibility index (Phi) is 2.36. The maximum Gasteiger partial charge on any atom is 0.137 e. The average Bonchev–Trinajstić information content (AvgIpc) is 2.58. The van der Waals surface area contributed by atoms with Crippen molar-refractivity contribution in [3.8, 4) is 0 Å². The fraction of sp³-hybridized carbons (Fsp3) is 0.333. The second-order valence-corrected chi connectivity index (χ2v) is 4.31. The Labute approximate surface area is 86.7 Å². The van der Waals surface area contributed by atoms with E-state index in [9.17, 15) is 0 Å². The first kappa shape index (κ1) is 9.73. The molecule has 1 aromatic carbocycles. The van der Waals surface area contributed by atoms with Crippen LogP contribution in [0.5, 0.6) is 0 Å². The number of fused-ring (bicyclic) bond motifs is 1. The lowest BCUT2D eigenvalue weighted by Gasteiger charge is -2.02.